The Hall–Kier alpha value is -4.45. The molecule has 208 valence electrons. The standard InChI is InChI=1S/C28H31N7O4S/c36-27-29-13-14-34(27)15-16-39-25-17-23(35-18-21(32-33-35)7-4-12-30-28(37)38)10-11-24(25)26-31-22(19-40-26)9-8-20-5-2-1-3-6-20/h1-3,5-6,10-11,17-19,30H,4,7-9,12-16H2,(H,29,36)(H,37,38). The van der Waals surface area contributed by atoms with Gasteiger partial charge in [-0.2, -0.15) is 0 Å². The van der Waals surface area contributed by atoms with Crippen LogP contribution in [0.15, 0.2) is 60.1 Å². The Balaban J connectivity index is 1.31. The molecule has 0 atom stereocenters. The van der Waals surface area contributed by atoms with Gasteiger partial charge in [0, 0.05) is 31.1 Å². The van der Waals surface area contributed by atoms with E-state index >= 15 is 0 Å². The molecule has 3 N–H and O–H groups in total. The number of nitrogens with one attached hydrogen (secondary N) is 2. The van der Waals surface area contributed by atoms with E-state index in [0.717, 1.165) is 40.5 Å². The Morgan fingerprint density at radius 3 is 2.80 bits per heavy atom. The van der Waals surface area contributed by atoms with Crippen LogP contribution < -0.4 is 15.4 Å². The smallest absolute Gasteiger partial charge is 0.404 e. The quantitative estimate of drug-likeness (QED) is 0.212. The Morgan fingerprint density at radius 2 is 2.00 bits per heavy atom. The molecular formula is C28H31N7O4S. The fourth-order valence-electron chi connectivity index (χ4n) is 4.41. The summed E-state index contributed by atoms with van der Waals surface area (Å²) in [6.45, 7) is 2.48. The first-order valence-corrected chi connectivity index (χ1v) is 14.1. The third kappa shape index (κ3) is 7.14. The number of hydrogen-bond donors (Lipinski definition) is 3. The normalized spacial score (nSPS) is 12.9. The molecule has 12 heteroatoms. The molecule has 0 radical (unpaired) electrons. The van der Waals surface area contributed by atoms with Crippen LogP contribution in [0.1, 0.15) is 23.4 Å². The molecule has 0 aliphatic carbocycles. The van der Waals surface area contributed by atoms with Gasteiger partial charge in [-0.3, -0.25) is 0 Å². The molecule has 1 aliphatic heterocycles. The second-order valence-corrected chi connectivity index (χ2v) is 10.2. The van der Waals surface area contributed by atoms with Gasteiger partial charge in [-0.05, 0) is 43.4 Å². The third-order valence-corrected chi connectivity index (χ3v) is 7.44. The number of amides is 3. The topological polar surface area (TPSA) is 134 Å². The monoisotopic (exact) mass is 561 g/mol. The molecule has 2 aromatic heterocycles. The molecule has 3 heterocycles. The van der Waals surface area contributed by atoms with Gasteiger partial charge < -0.3 is 25.4 Å². The van der Waals surface area contributed by atoms with Crippen LogP contribution in [0.25, 0.3) is 16.3 Å². The van der Waals surface area contributed by atoms with Crippen LogP contribution >= 0.6 is 11.3 Å². The molecule has 5 rings (SSSR count). The van der Waals surface area contributed by atoms with E-state index < -0.39 is 6.09 Å². The maximum Gasteiger partial charge on any atom is 0.404 e. The number of urea groups is 1. The van der Waals surface area contributed by atoms with Crippen LogP contribution in [-0.2, 0) is 19.3 Å². The van der Waals surface area contributed by atoms with E-state index in [2.05, 4.69) is 38.5 Å². The van der Waals surface area contributed by atoms with Crippen molar-refractivity contribution in [3.8, 4) is 22.0 Å². The van der Waals surface area contributed by atoms with Crippen molar-refractivity contribution in [1.82, 2.24) is 35.5 Å². The number of nitrogens with zero attached hydrogens (tertiary/aromatic N) is 5. The highest BCUT2D eigenvalue weighted by Crippen LogP contribution is 2.34. The summed E-state index contributed by atoms with van der Waals surface area (Å²) < 4.78 is 7.91. The molecule has 4 aromatic rings. The highest BCUT2D eigenvalue weighted by molar-refractivity contribution is 7.13. The zero-order valence-electron chi connectivity index (χ0n) is 22.0. The zero-order valence-corrected chi connectivity index (χ0v) is 22.8. The van der Waals surface area contributed by atoms with E-state index in [0.29, 0.717) is 51.4 Å². The lowest BCUT2D eigenvalue weighted by atomic mass is 10.1. The minimum Gasteiger partial charge on any atom is -0.491 e. The van der Waals surface area contributed by atoms with E-state index in [1.54, 1.807) is 20.9 Å². The first-order chi connectivity index (χ1) is 19.5. The van der Waals surface area contributed by atoms with Crippen LogP contribution in [-0.4, -0.2) is 74.9 Å². The van der Waals surface area contributed by atoms with Crippen LogP contribution in [0.2, 0.25) is 0 Å². The summed E-state index contributed by atoms with van der Waals surface area (Å²) in [5.74, 6) is 0.656. The van der Waals surface area contributed by atoms with Gasteiger partial charge in [0.05, 0.1) is 35.4 Å². The van der Waals surface area contributed by atoms with Gasteiger partial charge in [0.1, 0.15) is 17.4 Å². The van der Waals surface area contributed by atoms with Crippen molar-refractivity contribution >= 4 is 23.5 Å². The summed E-state index contributed by atoms with van der Waals surface area (Å²) in [4.78, 5) is 29.2. The average molecular weight is 562 g/mol. The van der Waals surface area contributed by atoms with Crippen molar-refractivity contribution in [1.29, 1.82) is 0 Å². The molecule has 0 spiro atoms. The molecule has 0 unspecified atom stereocenters. The Bertz CT molecular complexity index is 1440. The number of hydrogen-bond acceptors (Lipinski definition) is 7. The first-order valence-electron chi connectivity index (χ1n) is 13.2. The fraction of sp³-hybridized carbons (Fsp3) is 0.321. The molecule has 1 aliphatic rings. The second-order valence-electron chi connectivity index (χ2n) is 9.37. The Morgan fingerprint density at radius 1 is 1.12 bits per heavy atom. The van der Waals surface area contributed by atoms with Crippen LogP contribution in [0.3, 0.4) is 0 Å². The number of carbonyl (C=O) groups is 2. The van der Waals surface area contributed by atoms with Crippen molar-refractivity contribution in [2.24, 2.45) is 0 Å². The second kappa shape index (κ2) is 13.1. The van der Waals surface area contributed by atoms with Gasteiger partial charge in [-0.15, -0.1) is 16.4 Å². The first kappa shape index (κ1) is 27.1. The lowest BCUT2D eigenvalue weighted by Crippen LogP contribution is -2.31. The van der Waals surface area contributed by atoms with E-state index in [1.807, 2.05) is 42.6 Å². The van der Waals surface area contributed by atoms with Gasteiger partial charge in [-0.25, -0.2) is 19.3 Å². The van der Waals surface area contributed by atoms with Crippen LogP contribution in [0.5, 0.6) is 5.75 Å². The summed E-state index contributed by atoms with van der Waals surface area (Å²) >= 11 is 1.58. The maximum absolute atomic E-state index is 11.9. The summed E-state index contributed by atoms with van der Waals surface area (Å²) in [6.07, 6.45) is 3.79. The number of benzene rings is 2. The van der Waals surface area contributed by atoms with Gasteiger partial charge in [-0.1, -0.05) is 35.5 Å². The molecule has 1 saturated heterocycles. The van der Waals surface area contributed by atoms with Gasteiger partial charge in [0.15, 0.2) is 0 Å². The van der Waals surface area contributed by atoms with E-state index in [9.17, 15) is 9.59 Å². The number of ether oxygens (including phenoxy) is 1. The summed E-state index contributed by atoms with van der Waals surface area (Å²) in [5.41, 5.74) is 4.74. The number of carboxylic acid groups (broad SMARTS) is 1. The average Bonchev–Trinajstić information content (AvgIpc) is 3.72. The van der Waals surface area contributed by atoms with Gasteiger partial charge >= 0.3 is 12.1 Å². The predicted molar refractivity (Wildman–Crippen MR) is 151 cm³/mol. The number of rotatable bonds is 13. The van der Waals surface area contributed by atoms with Crippen molar-refractivity contribution in [3.63, 3.8) is 0 Å². The molecule has 1 fully saturated rings. The van der Waals surface area contributed by atoms with Crippen molar-refractivity contribution in [2.45, 2.75) is 25.7 Å². The molecule has 2 aromatic carbocycles. The highest BCUT2D eigenvalue weighted by Gasteiger charge is 2.20. The fourth-order valence-corrected chi connectivity index (χ4v) is 5.29. The zero-order chi connectivity index (χ0) is 27.7. The van der Waals surface area contributed by atoms with E-state index in [1.165, 1.54) is 5.56 Å². The van der Waals surface area contributed by atoms with Crippen molar-refractivity contribution < 1.29 is 19.4 Å². The molecule has 11 nitrogen and oxygen atoms in total. The largest absolute Gasteiger partial charge is 0.491 e. The maximum atomic E-state index is 11.9. The van der Waals surface area contributed by atoms with Crippen LogP contribution in [0, 0.1) is 0 Å². The van der Waals surface area contributed by atoms with Crippen LogP contribution in [0.4, 0.5) is 9.59 Å². The molecular weight excluding hydrogens is 530 g/mol. The Kier molecular flexibility index (Phi) is 8.86. The molecule has 40 heavy (non-hydrogen) atoms. The van der Waals surface area contributed by atoms with Crippen molar-refractivity contribution in [3.05, 3.63) is 77.1 Å². The number of aromatic nitrogens is 4. The number of thiazole rings is 1. The number of carbonyl (C=O) groups excluding carboxylic acids is 1. The van der Waals surface area contributed by atoms with E-state index in [-0.39, 0.29) is 6.03 Å². The van der Waals surface area contributed by atoms with Gasteiger partial charge in [0.2, 0.25) is 0 Å². The lowest BCUT2D eigenvalue weighted by Gasteiger charge is -2.16. The third-order valence-electron chi connectivity index (χ3n) is 6.52. The molecule has 0 bridgehead atoms. The SMILES string of the molecule is O=C(O)NCCCc1cn(-c2ccc(-c3nc(CCc4ccccc4)cs3)c(OCCN3CCNC3=O)c2)nn1. The van der Waals surface area contributed by atoms with Gasteiger partial charge in [0.25, 0.3) is 0 Å². The summed E-state index contributed by atoms with van der Waals surface area (Å²) in [6, 6.07) is 16.1. The molecule has 0 saturated carbocycles. The lowest BCUT2D eigenvalue weighted by molar-refractivity contribution is 0.194. The number of aryl methyl sites for hydroxylation is 3. The minimum absolute atomic E-state index is 0.0748. The highest BCUT2D eigenvalue weighted by atomic mass is 32.1. The minimum atomic E-state index is -1.04. The molecule has 3 amide bonds. The summed E-state index contributed by atoms with van der Waals surface area (Å²) in [5, 5.41) is 25.3. The Labute approximate surface area is 235 Å². The predicted octanol–water partition coefficient (Wildman–Crippen LogP) is 3.78. The van der Waals surface area contributed by atoms with E-state index in [4.69, 9.17) is 14.8 Å². The van der Waals surface area contributed by atoms with Crippen molar-refractivity contribution in [2.75, 3.05) is 32.8 Å². The summed E-state index contributed by atoms with van der Waals surface area (Å²) in [7, 11) is 0.